The molecular weight excluding hydrogens is 311 g/mol. The molecule has 7 heteroatoms. The third kappa shape index (κ3) is 3.41. The summed E-state index contributed by atoms with van der Waals surface area (Å²) in [4.78, 5) is 0.186. The Morgan fingerprint density at radius 2 is 2.19 bits per heavy atom. The van der Waals surface area contributed by atoms with Crippen molar-refractivity contribution in [2.75, 3.05) is 25.1 Å². The molecule has 1 aliphatic rings. The van der Waals surface area contributed by atoms with E-state index in [0.717, 1.165) is 11.5 Å². The summed E-state index contributed by atoms with van der Waals surface area (Å²) < 4.78 is 41.1. The third-order valence-corrected chi connectivity index (χ3v) is 6.76. The molecule has 1 atom stereocenters. The van der Waals surface area contributed by atoms with Gasteiger partial charge in [-0.15, -0.1) is 0 Å². The number of benzene rings is 1. The van der Waals surface area contributed by atoms with Gasteiger partial charge in [0.05, 0.1) is 4.90 Å². The molecule has 0 aliphatic carbocycles. The van der Waals surface area contributed by atoms with Gasteiger partial charge in [-0.2, -0.15) is 16.1 Å². The topological polar surface area (TPSA) is 49.4 Å². The first kappa shape index (κ1) is 16.7. The summed E-state index contributed by atoms with van der Waals surface area (Å²) in [6.45, 7) is 4.32. The SMILES string of the molecule is CNCc1cc(S(=O)(=O)N2CCSCC2C)cc(C)c1F. The Hall–Kier alpha value is -0.630. The Bertz CT molecular complexity index is 620. The Kier molecular flexibility index (Phi) is 5.29. The monoisotopic (exact) mass is 332 g/mol. The number of rotatable bonds is 4. The second kappa shape index (κ2) is 6.64. The molecule has 1 aromatic carbocycles. The molecule has 1 fully saturated rings. The maximum absolute atomic E-state index is 14.0. The summed E-state index contributed by atoms with van der Waals surface area (Å²) in [5.41, 5.74) is 0.746. The van der Waals surface area contributed by atoms with Crippen molar-refractivity contribution in [1.29, 1.82) is 0 Å². The zero-order valence-corrected chi connectivity index (χ0v) is 14.2. The largest absolute Gasteiger partial charge is 0.316 e. The molecule has 0 aromatic heterocycles. The maximum Gasteiger partial charge on any atom is 0.243 e. The first-order chi connectivity index (χ1) is 9.87. The summed E-state index contributed by atoms with van der Waals surface area (Å²) in [6, 6.07) is 2.84. The summed E-state index contributed by atoms with van der Waals surface area (Å²) in [5.74, 6) is 1.25. The maximum atomic E-state index is 14.0. The van der Waals surface area contributed by atoms with Crippen LogP contribution in [-0.4, -0.2) is 43.9 Å². The predicted molar refractivity (Wildman–Crippen MR) is 84.6 cm³/mol. The zero-order valence-electron chi connectivity index (χ0n) is 12.5. The summed E-state index contributed by atoms with van der Waals surface area (Å²) in [6.07, 6.45) is 0. The van der Waals surface area contributed by atoms with Crippen LogP contribution in [0, 0.1) is 12.7 Å². The zero-order chi connectivity index (χ0) is 15.6. The van der Waals surface area contributed by atoms with Crippen LogP contribution in [0.3, 0.4) is 0 Å². The molecule has 118 valence electrons. The highest BCUT2D eigenvalue weighted by atomic mass is 32.2. The molecule has 0 saturated carbocycles. The lowest BCUT2D eigenvalue weighted by Crippen LogP contribution is -2.44. The van der Waals surface area contributed by atoms with Crippen LogP contribution in [0.2, 0.25) is 0 Å². The number of hydrogen-bond acceptors (Lipinski definition) is 4. The van der Waals surface area contributed by atoms with Crippen LogP contribution in [0.1, 0.15) is 18.1 Å². The second-order valence-electron chi connectivity index (χ2n) is 5.28. The molecule has 1 unspecified atom stereocenters. The van der Waals surface area contributed by atoms with Gasteiger partial charge in [0.15, 0.2) is 0 Å². The molecule has 1 saturated heterocycles. The van der Waals surface area contributed by atoms with E-state index in [4.69, 9.17) is 0 Å². The van der Waals surface area contributed by atoms with Gasteiger partial charge in [0.2, 0.25) is 10.0 Å². The van der Waals surface area contributed by atoms with Crippen molar-refractivity contribution in [3.8, 4) is 0 Å². The van der Waals surface area contributed by atoms with E-state index in [1.165, 1.54) is 16.4 Å². The highest BCUT2D eigenvalue weighted by Crippen LogP contribution is 2.27. The Labute approximate surface area is 130 Å². The Morgan fingerprint density at radius 3 is 2.81 bits per heavy atom. The van der Waals surface area contributed by atoms with Crippen molar-refractivity contribution < 1.29 is 12.8 Å². The predicted octanol–water partition coefficient (Wildman–Crippen LogP) is 1.98. The average Bonchev–Trinajstić information content (AvgIpc) is 2.44. The fourth-order valence-electron chi connectivity index (χ4n) is 2.48. The number of sulfonamides is 1. The average molecular weight is 332 g/mol. The van der Waals surface area contributed by atoms with E-state index < -0.39 is 10.0 Å². The first-order valence-electron chi connectivity index (χ1n) is 6.91. The number of nitrogens with zero attached hydrogens (tertiary/aromatic N) is 1. The fourth-order valence-corrected chi connectivity index (χ4v) is 5.47. The second-order valence-corrected chi connectivity index (χ2v) is 8.32. The molecule has 1 heterocycles. The van der Waals surface area contributed by atoms with Crippen LogP contribution in [0.25, 0.3) is 0 Å². The van der Waals surface area contributed by atoms with Gasteiger partial charge in [0.25, 0.3) is 0 Å². The number of aryl methyl sites for hydroxylation is 1. The van der Waals surface area contributed by atoms with E-state index in [1.807, 2.05) is 6.92 Å². The van der Waals surface area contributed by atoms with Gasteiger partial charge in [-0.25, -0.2) is 12.8 Å². The van der Waals surface area contributed by atoms with E-state index in [9.17, 15) is 12.8 Å². The highest BCUT2D eigenvalue weighted by molar-refractivity contribution is 7.99. The van der Waals surface area contributed by atoms with Crippen molar-refractivity contribution >= 4 is 21.8 Å². The molecule has 1 aromatic rings. The first-order valence-corrected chi connectivity index (χ1v) is 9.50. The van der Waals surface area contributed by atoms with Gasteiger partial charge >= 0.3 is 0 Å². The highest BCUT2D eigenvalue weighted by Gasteiger charge is 2.32. The van der Waals surface area contributed by atoms with Crippen LogP contribution < -0.4 is 5.32 Å². The molecular formula is C14H21FN2O2S2. The van der Waals surface area contributed by atoms with Crippen LogP contribution in [0.5, 0.6) is 0 Å². The van der Waals surface area contributed by atoms with Gasteiger partial charge in [-0.1, -0.05) is 0 Å². The van der Waals surface area contributed by atoms with E-state index in [0.29, 0.717) is 24.2 Å². The van der Waals surface area contributed by atoms with E-state index in [2.05, 4.69) is 5.32 Å². The normalized spacial score (nSPS) is 20.7. The quantitative estimate of drug-likeness (QED) is 0.916. The molecule has 4 nitrogen and oxygen atoms in total. The smallest absolute Gasteiger partial charge is 0.243 e. The van der Waals surface area contributed by atoms with Crippen LogP contribution in [0.4, 0.5) is 4.39 Å². The summed E-state index contributed by atoms with van der Waals surface area (Å²) in [5, 5.41) is 2.87. The van der Waals surface area contributed by atoms with Crippen molar-refractivity contribution in [3.05, 3.63) is 29.1 Å². The lowest BCUT2D eigenvalue weighted by atomic mass is 10.1. The van der Waals surface area contributed by atoms with Gasteiger partial charge in [0.1, 0.15) is 5.82 Å². The minimum atomic E-state index is -3.57. The number of hydrogen-bond donors (Lipinski definition) is 1. The standard InChI is InChI=1S/C14H21FN2O2S2/c1-10-6-13(7-12(8-16-3)14(10)15)21(18,19)17-4-5-20-9-11(17)2/h6-7,11,16H,4-5,8-9H2,1-3H3. The van der Waals surface area contributed by atoms with Gasteiger partial charge in [-0.3, -0.25) is 0 Å². The number of nitrogens with one attached hydrogen (secondary N) is 1. The number of thioether (sulfide) groups is 1. The van der Waals surface area contributed by atoms with Crippen molar-refractivity contribution in [1.82, 2.24) is 9.62 Å². The summed E-state index contributed by atoms with van der Waals surface area (Å²) in [7, 11) is -1.86. The third-order valence-electron chi connectivity index (χ3n) is 3.58. The molecule has 1 aliphatic heterocycles. The molecule has 2 rings (SSSR count). The van der Waals surface area contributed by atoms with Crippen LogP contribution in [0.15, 0.2) is 17.0 Å². The Morgan fingerprint density at radius 1 is 1.48 bits per heavy atom. The molecule has 0 spiro atoms. The number of halogens is 1. The fraction of sp³-hybridized carbons (Fsp3) is 0.571. The van der Waals surface area contributed by atoms with E-state index in [1.54, 1.807) is 25.7 Å². The van der Waals surface area contributed by atoms with Crippen molar-refractivity contribution in [2.24, 2.45) is 0 Å². The van der Waals surface area contributed by atoms with Gasteiger partial charge in [0, 0.05) is 36.2 Å². The Balaban J connectivity index is 2.44. The molecule has 21 heavy (non-hydrogen) atoms. The summed E-state index contributed by atoms with van der Waals surface area (Å²) >= 11 is 1.76. The lowest BCUT2D eigenvalue weighted by molar-refractivity contribution is 0.367. The van der Waals surface area contributed by atoms with Crippen LogP contribution >= 0.6 is 11.8 Å². The molecule has 0 radical (unpaired) electrons. The minimum Gasteiger partial charge on any atom is -0.316 e. The van der Waals surface area contributed by atoms with E-state index >= 15 is 0 Å². The van der Waals surface area contributed by atoms with Crippen LogP contribution in [-0.2, 0) is 16.6 Å². The molecule has 1 N–H and O–H groups in total. The van der Waals surface area contributed by atoms with Crippen molar-refractivity contribution in [3.63, 3.8) is 0 Å². The van der Waals surface area contributed by atoms with Gasteiger partial charge in [-0.05, 0) is 38.6 Å². The lowest BCUT2D eigenvalue weighted by Gasteiger charge is -2.32. The molecule has 0 bridgehead atoms. The van der Waals surface area contributed by atoms with Gasteiger partial charge < -0.3 is 5.32 Å². The minimum absolute atomic E-state index is 0.0353. The van der Waals surface area contributed by atoms with E-state index in [-0.39, 0.29) is 16.8 Å². The van der Waals surface area contributed by atoms with Crippen molar-refractivity contribution in [2.45, 2.75) is 31.3 Å². The molecule has 0 amide bonds.